The van der Waals surface area contributed by atoms with Crippen LogP contribution in [0.3, 0.4) is 0 Å². The zero-order chi connectivity index (χ0) is 14.0. The molecule has 0 fully saturated rings. The van der Waals surface area contributed by atoms with E-state index in [0.717, 1.165) is 13.1 Å². The molecule has 1 aromatic heterocycles. The summed E-state index contributed by atoms with van der Waals surface area (Å²) < 4.78 is 0. The molecular weight excluding hydrogens is 264 g/mol. The van der Waals surface area contributed by atoms with Gasteiger partial charge in [-0.3, -0.25) is 0 Å². The molecule has 0 saturated heterocycles. The number of rotatable bonds is 4. The van der Waals surface area contributed by atoms with Crippen molar-refractivity contribution >= 4 is 11.3 Å². The highest BCUT2D eigenvalue weighted by Gasteiger charge is 2.11. The maximum Gasteiger partial charge on any atom is 0.107 e. The normalized spacial score (nSPS) is 18.1. The molecule has 1 N–H and O–H groups in total. The van der Waals surface area contributed by atoms with Gasteiger partial charge in [-0.05, 0) is 38.6 Å². The standard InChI is InChI=1S/C17H30N2S/c1-2-13-18-14-17-19-15-11-9-7-5-3-4-6-8-10-12-16(15)20-17/h18H,2-14H2,1H3. The van der Waals surface area contributed by atoms with Crippen LogP contribution in [0.25, 0.3) is 0 Å². The average Bonchev–Trinajstić information content (AvgIpc) is 2.81. The number of hydrogen-bond donors (Lipinski definition) is 1. The molecule has 114 valence electrons. The molecule has 0 amide bonds. The van der Waals surface area contributed by atoms with Gasteiger partial charge in [-0.15, -0.1) is 11.3 Å². The topological polar surface area (TPSA) is 24.9 Å². The monoisotopic (exact) mass is 294 g/mol. The number of thiazole rings is 1. The van der Waals surface area contributed by atoms with Crippen molar-refractivity contribution < 1.29 is 0 Å². The number of nitrogens with zero attached hydrogens (tertiary/aromatic N) is 1. The number of aromatic nitrogens is 1. The maximum atomic E-state index is 4.91. The molecule has 1 aliphatic carbocycles. The Morgan fingerprint density at radius 1 is 0.950 bits per heavy atom. The molecule has 0 unspecified atom stereocenters. The van der Waals surface area contributed by atoms with Crippen LogP contribution in [0.15, 0.2) is 0 Å². The van der Waals surface area contributed by atoms with E-state index >= 15 is 0 Å². The Kier molecular flexibility index (Phi) is 7.60. The Bertz CT molecular complexity index is 344. The Labute approximate surface area is 128 Å². The molecule has 20 heavy (non-hydrogen) atoms. The Hall–Kier alpha value is -0.410. The van der Waals surface area contributed by atoms with Gasteiger partial charge in [0.25, 0.3) is 0 Å². The fraction of sp³-hybridized carbons (Fsp3) is 0.824. The summed E-state index contributed by atoms with van der Waals surface area (Å²) in [6.45, 7) is 4.28. The second-order valence-corrected chi connectivity index (χ2v) is 7.15. The van der Waals surface area contributed by atoms with Crippen LogP contribution >= 0.6 is 11.3 Å². The van der Waals surface area contributed by atoms with E-state index in [2.05, 4.69) is 12.2 Å². The molecule has 1 aromatic rings. The van der Waals surface area contributed by atoms with E-state index in [1.165, 1.54) is 81.3 Å². The summed E-state index contributed by atoms with van der Waals surface area (Å²) in [5.74, 6) is 0. The number of hydrogen-bond acceptors (Lipinski definition) is 3. The molecule has 1 aliphatic rings. The van der Waals surface area contributed by atoms with E-state index < -0.39 is 0 Å². The molecule has 0 radical (unpaired) electrons. The molecule has 0 aromatic carbocycles. The fourth-order valence-electron chi connectivity index (χ4n) is 2.91. The third kappa shape index (κ3) is 5.53. The third-order valence-electron chi connectivity index (χ3n) is 4.09. The summed E-state index contributed by atoms with van der Waals surface area (Å²) in [7, 11) is 0. The van der Waals surface area contributed by atoms with E-state index in [4.69, 9.17) is 4.98 Å². The van der Waals surface area contributed by atoms with Crippen LogP contribution < -0.4 is 5.32 Å². The molecular formula is C17H30N2S. The highest BCUT2D eigenvalue weighted by Crippen LogP contribution is 2.24. The fourth-order valence-corrected chi connectivity index (χ4v) is 4.04. The van der Waals surface area contributed by atoms with Gasteiger partial charge in [0.15, 0.2) is 0 Å². The number of fused-ring (bicyclic) bond motifs is 1. The largest absolute Gasteiger partial charge is 0.310 e. The predicted octanol–water partition coefficient (Wildman–Crippen LogP) is 4.86. The maximum absolute atomic E-state index is 4.91. The van der Waals surface area contributed by atoms with Gasteiger partial charge in [0.1, 0.15) is 5.01 Å². The van der Waals surface area contributed by atoms with Gasteiger partial charge < -0.3 is 5.32 Å². The van der Waals surface area contributed by atoms with Crippen LogP contribution in [-0.2, 0) is 19.4 Å². The molecule has 1 heterocycles. The first-order valence-corrected chi connectivity index (χ1v) is 9.40. The van der Waals surface area contributed by atoms with Gasteiger partial charge >= 0.3 is 0 Å². The van der Waals surface area contributed by atoms with Crippen molar-refractivity contribution in [3.05, 3.63) is 15.6 Å². The van der Waals surface area contributed by atoms with Crippen molar-refractivity contribution in [1.29, 1.82) is 0 Å². The van der Waals surface area contributed by atoms with Gasteiger partial charge in [-0.1, -0.05) is 45.4 Å². The van der Waals surface area contributed by atoms with Crippen LogP contribution in [-0.4, -0.2) is 11.5 Å². The predicted molar refractivity (Wildman–Crippen MR) is 88.5 cm³/mol. The van der Waals surface area contributed by atoms with E-state index in [1.54, 1.807) is 4.88 Å². The van der Waals surface area contributed by atoms with E-state index in [9.17, 15) is 0 Å². The second kappa shape index (κ2) is 9.51. The average molecular weight is 295 g/mol. The van der Waals surface area contributed by atoms with E-state index in [1.807, 2.05) is 11.3 Å². The molecule has 0 aliphatic heterocycles. The molecule has 0 bridgehead atoms. The molecule has 2 nitrogen and oxygen atoms in total. The second-order valence-electron chi connectivity index (χ2n) is 5.98. The van der Waals surface area contributed by atoms with Crippen molar-refractivity contribution in [3.63, 3.8) is 0 Å². The molecule has 2 rings (SSSR count). The van der Waals surface area contributed by atoms with Crippen LogP contribution in [0.1, 0.15) is 80.3 Å². The van der Waals surface area contributed by atoms with Crippen molar-refractivity contribution in [2.24, 2.45) is 0 Å². The molecule has 0 saturated carbocycles. The minimum absolute atomic E-state index is 0.964. The Balaban J connectivity index is 1.94. The van der Waals surface area contributed by atoms with Crippen LogP contribution in [0.2, 0.25) is 0 Å². The highest BCUT2D eigenvalue weighted by atomic mass is 32.1. The lowest BCUT2D eigenvalue weighted by Gasteiger charge is -2.06. The first-order valence-electron chi connectivity index (χ1n) is 8.58. The summed E-state index contributed by atoms with van der Waals surface area (Å²) in [5.41, 5.74) is 1.42. The summed E-state index contributed by atoms with van der Waals surface area (Å²) in [4.78, 5) is 6.49. The minimum atomic E-state index is 0.964. The molecule has 0 atom stereocenters. The van der Waals surface area contributed by atoms with E-state index in [-0.39, 0.29) is 0 Å². The summed E-state index contributed by atoms with van der Waals surface area (Å²) in [6, 6.07) is 0. The lowest BCUT2D eigenvalue weighted by Crippen LogP contribution is -2.13. The SMILES string of the molecule is CCCNCc1nc2c(s1)CCCCCCCCCC2. The lowest BCUT2D eigenvalue weighted by atomic mass is 10.0. The molecule has 3 heteroatoms. The quantitative estimate of drug-likeness (QED) is 0.802. The van der Waals surface area contributed by atoms with Crippen molar-refractivity contribution in [2.75, 3.05) is 6.54 Å². The van der Waals surface area contributed by atoms with Gasteiger partial charge in [-0.25, -0.2) is 4.98 Å². The first kappa shape index (κ1) is 16.0. The highest BCUT2D eigenvalue weighted by molar-refractivity contribution is 7.11. The zero-order valence-corrected chi connectivity index (χ0v) is 13.9. The Morgan fingerprint density at radius 2 is 1.60 bits per heavy atom. The van der Waals surface area contributed by atoms with Crippen LogP contribution in [0.4, 0.5) is 0 Å². The third-order valence-corrected chi connectivity index (χ3v) is 5.25. The van der Waals surface area contributed by atoms with Crippen LogP contribution in [0.5, 0.6) is 0 Å². The van der Waals surface area contributed by atoms with Crippen molar-refractivity contribution in [1.82, 2.24) is 10.3 Å². The smallest absolute Gasteiger partial charge is 0.107 e. The number of aryl methyl sites for hydroxylation is 2. The number of nitrogens with one attached hydrogen (secondary N) is 1. The van der Waals surface area contributed by atoms with Crippen LogP contribution in [0, 0.1) is 0 Å². The van der Waals surface area contributed by atoms with Gasteiger partial charge in [-0.2, -0.15) is 0 Å². The lowest BCUT2D eigenvalue weighted by molar-refractivity contribution is 0.559. The Morgan fingerprint density at radius 3 is 2.30 bits per heavy atom. The zero-order valence-electron chi connectivity index (χ0n) is 13.0. The van der Waals surface area contributed by atoms with Crippen molar-refractivity contribution in [2.45, 2.75) is 84.1 Å². The molecule has 0 spiro atoms. The first-order chi connectivity index (χ1) is 9.90. The van der Waals surface area contributed by atoms with Gasteiger partial charge in [0, 0.05) is 11.4 Å². The summed E-state index contributed by atoms with van der Waals surface area (Å²) >= 11 is 1.96. The summed E-state index contributed by atoms with van der Waals surface area (Å²) in [6.07, 6.45) is 14.9. The summed E-state index contributed by atoms with van der Waals surface area (Å²) in [5, 5.41) is 4.79. The minimum Gasteiger partial charge on any atom is -0.310 e. The van der Waals surface area contributed by atoms with E-state index in [0.29, 0.717) is 0 Å². The van der Waals surface area contributed by atoms with Gasteiger partial charge in [0.05, 0.1) is 5.69 Å². The van der Waals surface area contributed by atoms with Gasteiger partial charge in [0.2, 0.25) is 0 Å². The van der Waals surface area contributed by atoms with Crippen molar-refractivity contribution in [3.8, 4) is 0 Å².